The zero-order chi connectivity index (χ0) is 8.72. The summed E-state index contributed by atoms with van der Waals surface area (Å²) in [6.45, 7) is 0. The molecule has 0 saturated heterocycles. The molecule has 1 atom stereocenters. The van der Waals surface area contributed by atoms with Crippen LogP contribution in [0, 0.1) is 5.82 Å². The molecular weight excluding hydrogens is 223 g/mol. The molecule has 0 saturated carbocycles. The standard InChI is InChI=1S/C9H8BrFO/c10-8-4-5(11)3-7-6(8)1-2-9(7)12/h3-4,9,12H,1-2H2/t9-/m1/s1. The van der Waals surface area contributed by atoms with Gasteiger partial charge in [-0.25, -0.2) is 4.39 Å². The van der Waals surface area contributed by atoms with Gasteiger partial charge in [0.05, 0.1) is 6.10 Å². The summed E-state index contributed by atoms with van der Waals surface area (Å²) in [5, 5.41) is 9.44. The molecule has 0 fully saturated rings. The van der Waals surface area contributed by atoms with Crippen molar-refractivity contribution in [3.63, 3.8) is 0 Å². The molecule has 0 spiro atoms. The van der Waals surface area contributed by atoms with Gasteiger partial charge >= 0.3 is 0 Å². The number of aliphatic hydroxyl groups excluding tert-OH is 1. The van der Waals surface area contributed by atoms with Gasteiger partial charge in [0.25, 0.3) is 0 Å². The molecule has 0 bridgehead atoms. The van der Waals surface area contributed by atoms with Gasteiger partial charge in [-0.15, -0.1) is 0 Å². The molecule has 0 aliphatic heterocycles. The van der Waals surface area contributed by atoms with Crippen LogP contribution in [-0.2, 0) is 6.42 Å². The maximum Gasteiger partial charge on any atom is 0.124 e. The molecule has 64 valence electrons. The Morgan fingerprint density at radius 2 is 2.25 bits per heavy atom. The largest absolute Gasteiger partial charge is 0.388 e. The number of benzene rings is 1. The van der Waals surface area contributed by atoms with Crippen LogP contribution in [0.3, 0.4) is 0 Å². The third-order valence-electron chi connectivity index (χ3n) is 2.22. The third-order valence-corrected chi connectivity index (χ3v) is 2.93. The van der Waals surface area contributed by atoms with E-state index in [0.717, 1.165) is 22.0 Å². The summed E-state index contributed by atoms with van der Waals surface area (Å²) in [5.74, 6) is -0.290. The van der Waals surface area contributed by atoms with Gasteiger partial charge in [0.15, 0.2) is 0 Å². The Labute approximate surface area is 78.3 Å². The van der Waals surface area contributed by atoms with Crippen LogP contribution in [-0.4, -0.2) is 5.11 Å². The normalized spacial score (nSPS) is 21.1. The van der Waals surface area contributed by atoms with Crippen LogP contribution >= 0.6 is 15.9 Å². The fraction of sp³-hybridized carbons (Fsp3) is 0.333. The molecule has 1 aliphatic carbocycles. The number of halogens is 2. The van der Waals surface area contributed by atoms with E-state index in [4.69, 9.17) is 0 Å². The van der Waals surface area contributed by atoms with Crippen molar-refractivity contribution in [3.8, 4) is 0 Å². The maximum absolute atomic E-state index is 12.9. The first-order valence-corrected chi connectivity index (χ1v) is 4.63. The lowest BCUT2D eigenvalue weighted by Crippen LogP contribution is -1.91. The molecule has 1 aromatic rings. The van der Waals surface area contributed by atoms with E-state index in [9.17, 15) is 9.50 Å². The Kier molecular flexibility index (Phi) is 1.93. The van der Waals surface area contributed by atoms with Crippen LogP contribution in [0.25, 0.3) is 0 Å². The Morgan fingerprint density at radius 3 is 3.00 bits per heavy atom. The topological polar surface area (TPSA) is 20.2 Å². The molecule has 0 radical (unpaired) electrons. The van der Waals surface area contributed by atoms with Gasteiger partial charge in [-0.2, -0.15) is 0 Å². The summed E-state index contributed by atoms with van der Waals surface area (Å²) in [5.41, 5.74) is 1.78. The quantitative estimate of drug-likeness (QED) is 0.727. The van der Waals surface area contributed by atoms with Crippen LogP contribution in [0.5, 0.6) is 0 Å². The second kappa shape index (κ2) is 2.82. The Hall–Kier alpha value is -0.410. The average molecular weight is 231 g/mol. The number of aliphatic hydroxyl groups is 1. The van der Waals surface area contributed by atoms with Crippen molar-refractivity contribution in [1.82, 2.24) is 0 Å². The summed E-state index contributed by atoms with van der Waals surface area (Å²) >= 11 is 3.27. The first-order valence-electron chi connectivity index (χ1n) is 3.84. The minimum atomic E-state index is -0.480. The molecule has 0 unspecified atom stereocenters. The van der Waals surface area contributed by atoms with Crippen molar-refractivity contribution >= 4 is 15.9 Å². The van der Waals surface area contributed by atoms with Crippen molar-refractivity contribution < 1.29 is 9.50 Å². The van der Waals surface area contributed by atoms with Crippen molar-refractivity contribution in [2.75, 3.05) is 0 Å². The number of fused-ring (bicyclic) bond motifs is 1. The fourth-order valence-electron chi connectivity index (χ4n) is 1.62. The van der Waals surface area contributed by atoms with Crippen LogP contribution < -0.4 is 0 Å². The lowest BCUT2D eigenvalue weighted by molar-refractivity contribution is 0.179. The highest BCUT2D eigenvalue weighted by Gasteiger charge is 2.22. The van der Waals surface area contributed by atoms with Gasteiger partial charge in [-0.1, -0.05) is 15.9 Å². The van der Waals surface area contributed by atoms with E-state index >= 15 is 0 Å². The Bertz CT molecular complexity index is 325. The summed E-state index contributed by atoms with van der Waals surface area (Å²) < 4.78 is 13.6. The lowest BCUT2D eigenvalue weighted by Gasteiger charge is -2.04. The molecule has 0 heterocycles. The molecule has 1 aromatic carbocycles. The van der Waals surface area contributed by atoms with Gasteiger partial charge in [0.1, 0.15) is 5.82 Å². The minimum absolute atomic E-state index is 0.290. The van der Waals surface area contributed by atoms with E-state index in [1.807, 2.05) is 0 Å². The average Bonchev–Trinajstić information content (AvgIpc) is 2.33. The van der Waals surface area contributed by atoms with Crippen molar-refractivity contribution in [2.24, 2.45) is 0 Å². The van der Waals surface area contributed by atoms with Crippen LogP contribution in [0.4, 0.5) is 4.39 Å². The van der Waals surface area contributed by atoms with E-state index in [1.54, 1.807) is 0 Å². The summed E-state index contributed by atoms with van der Waals surface area (Å²) in [6.07, 6.45) is 1.06. The molecule has 0 aromatic heterocycles. The van der Waals surface area contributed by atoms with Crippen molar-refractivity contribution in [3.05, 3.63) is 33.5 Å². The van der Waals surface area contributed by atoms with Gasteiger partial charge in [0, 0.05) is 4.47 Å². The monoisotopic (exact) mass is 230 g/mol. The number of hydrogen-bond donors (Lipinski definition) is 1. The molecule has 1 nitrogen and oxygen atoms in total. The van der Waals surface area contributed by atoms with Gasteiger partial charge in [-0.05, 0) is 36.1 Å². The second-order valence-corrected chi connectivity index (χ2v) is 3.86. The first kappa shape index (κ1) is 8.20. The molecule has 12 heavy (non-hydrogen) atoms. The smallest absolute Gasteiger partial charge is 0.124 e. The van der Waals surface area contributed by atoms with E-state index in [1.165, 1.54) is 12.1 Å². The molecule has 0 amide bonds. The number of rotatable bonds is 0. The molecular formula is C9H8BrFO. The SMILES string of the molecule is O[C@@H]1CCc2c(Br)cc(F)cc21. The Balaban J connectivity index is 2.60. The van der Waals surface area contributed by atoms with Gasteiger partial charge in [-0.3, -0.25) is 0 Å². The van der Waals surface area contributed by atoms with Gasteiger partial charge < -0.3 is 5.11 Å². The number of hydrogen-bond acceptors (Lipinski definition) is 1. The molecule has 1 N–H and O–H groups in total. The van der Waals surface area contributed by atoms with Crippen LogP contribution in [0.2, 0.25) is 0 Å². The highest BCUT2D eigenvalue weighted by atomic mass is 79.9. The molecule has 2 rings (SSSR count). The van der Waals surface area contributed by atoms with Crippen molar-refractivity contribution in [1.29, 1.82) is 0 Å². The van der Waals surface area contributed by atoms with Crippen LogP contribution in [0.15, 0.2) is 16.6 Å². The fourth-order valence-corrected chi connectivity index (χ4v) is 2.27. The van der Waals surface area contributed by atoms with Gasteiger partial charge in [0.2, 0.25) is 0 Å². The maximum atomic E-state index is 12.9. The van der Waals surface area contributed by atoms with Crippen LogP contribution in [0.1, 0.15) is 23.7 Å². The highest BCUT2D eigenvalue weighted by molar-refractivity contribution is 9.10. The zero-order valence-electron chi connectivity index (χ0n) is 6.35. The summed E-state index contributed by atoms with van der Waals surface area (Å²) in [7, 11) is 0. The van der Waals surface area contributed by atoms with E-state index in [-0.39, 0.29) is 5.82 Å². The lowest BCUT2D eigenvalue weighted by atomic mass is 10.1. The molecule has 1 aliphatic rings. The van der Waals surface area contributed by atoms with E-state index < -0.39 is 6.10 Å². The summed E-state index contributed by atoms with van der Waals surface area (Å²) in [6, 6.07) is 2.86. The Morgan fingerprint density at radius 1 is 1.50 bits per heavy atom. The zero-order valence-corrected chi connectivity index (χ0v) is 7.94. The van der Waals surface area contributed by atoms with Crippen molar-refractivity contribution in [2.45, 2.75) is 18.9 Å². The molecule has 3 heteroatoms. The van der Waals surface area contributed by atoms with E-state index in [2.05, 4.69) is 15.9 Å². The minimum Gasteiger partial charge on any atom is -0.388 e. The van der Waals surface area contributed by atoms with E-state index in [0.29, 0.717) is 6.42 Å². The first-order chi connectivity index (χ1) is 5.68. The highest BCUT2D eigenvalue weighted by Crippen LogP contribution is 2.36. The summed E-state index contributed by atoms with van der Waals surface area (Å²) in [4.78, 5) is 0. The predicted octanol–water partition coefficient (Wildman–Crippen LogP) is 2.57. The third kappa shape index (κ3) is 1.17. The second-order valence-electron chi connectivity index (χ2n) is 3.01. The predicted molar refractivity (Wildman–Crippen MR) is 47.4 cm³/mol.